The Morgan fingerprint density at radius 3 is 1.45 bits per heavy atom. The second kappa shape index (κ2) is 13.9. The molecule has 4 bridgehead atoms. The van der Waals surface area contributed by atoms with Gasteiger partial charge in [0.1, 0.15) is 0 Å². The minimum absolute atomic E-state index is 0.00623. The Morgan fingerprint density at radius 2 is 0.883 bits per heavy atom. The summed E-state index contributed by atoms with van der Waals surface area (Å²) in [5.74, 6) is 3.03. The maximum Gasteiger partial charge on any atom is 0.0991 e. The van der Waals surface area contributed by atoms with E-state index in [0.29, 0.717) is 17.4 Å². The highest BCUT2D eigenvalue weighted by Gasteiger charge is 2.62. The van der Waals surface area contributed by atoms with E-state index in [0.717, 1.165) is 39.9 Å². The van der Waals surface area contributed by atoms with E-state index >= 15 is 0 Å². The van der Waals surface area contributed by atoms with Crippen molar-refractivity contribution < 1.29 is 0 Å². The number of aromatic nitrogens is 1. The van der Waals surface area contributed by atoms with Crippen molar-refractivity contribution in [2.45, 2.75) is 37.5 Å². The number of hydrogen-bond donors (Lipinski definition) is 0. The first-order valence-electron chi connectivity index (χ1n) is 21.8. The quantitative estimate of drug-likeness (QED) is 0.169. The first kappa shape index (κ1) is 35.2. The minimum Gasteiger partial charge on any atom is -0.248 e. The number of hydrogen-bond acceptors (Lipinski definition) is 2. The highest BCUT2D eigenvalue weighted by Crippen LogP contribution is 2.70. The molecule has 60 heavy (non-hydrogen) atoms. The average molecular weight is 769 g/mol. The van der Waals surface area contributed by atoms with Crippen molar-refractivity contribution in [2.24, 2.45) is 23.7 Å². The van der Waals surface area contributed by atoms with E-state index in [9.17, 15) is 5.26 Å². The van der Waals surface area contributed by atoms with Crippen LogP contribution in [0.15, 0.2) is 182 Å². The number of nitrogens with zero attached hydrogens (tertiary/aromatic N) is 2. The second-order valence-electron chi connectivity index (χ2n) is 17.9. The third-order valence-corrected chi connectivity index (χ3v) is 14.7. The van der Waals surface area contributed by atoms with Crippen molar-refractivity contribution in [1.29, 1.82) is 5.26 Å². The van der Waals surface area contributed by atoms with Gasteiger partial charge in [0.25, 0.3) is 0 Å². The molecule has 0 N–H and O–H groups in total. The van der Waals surface area contributed by atoms with Gasteiger partial charge in [-0.3, -0.25) is 0 Å². The number of fused-ring (bicyclic) bond motifs is 3. The Kier molecular flexibility index (Phi) is 8.14. The van der Waals surface area contributed by atoms with E-state index in [-0.39, 0.29) is 5.41 Å². The second-order valence-corrected chi connectivity index (χ2v) is 17.9. The summed E-state index contributed by atoms with van der Waals surface area (Å²) < 4.78 is 0. The Bertz CT molecular complexity index is 2900. The van der Waals surface area contributed by atoms with Gasteiger partial charge in [0.05, 0.1) is 23.0 Å². The van der Waals surface area contributed by atoms with Crippen LogP contribution in [0.3, 0.4) is 0 Å². The Morgan fingerprint density at radius 1 is 0.400 bits per heavy atom. The predicted molar refractivity (Wildman–Crippen MR) is 245 cm³/mol. The predicted octanol–water partition coefficient (Wildman–Crippen LogP) is 14.7. The molecule has 1 heterocycles. The highest BCUT2D eigenvalue weighted by atomic mass is 14.7. The van der Waals surface area contributed by atoms with E-state index in [4.69, 9.17) is 4.98 Å². The maximum atomic E-state index is 9.61. The van der Waals surface area contributed by atoms with Gasteiger partial charge in [0.15, 0.2) is 0 Å². The number of pyridine rings is 1. The first-order chi connectivity index (χ1) is 29.6. The Hall–Kier alpha value is -6.82. The van der Waals surface area contributed by atoms with Gasteiger partial charge in [-0.05, 0) is 165 Å². The van der Waals surface area contributed by atoms with E-state index in [1.807, 2.05) is 12.1 Å². The van der Waals surface area contributed by atoms with Crippen LogP contribution in [-0.2, 0) is 5.41 Å². The van der Waals surface area contributed by atoms with Crippen molar-refractivity contribution in [2.75, 3.05) is 0 Å². The molecule has 0 amide bonds. The molecule has 0 atom stereocenters. The van der Waals surface area contributed by atoms with Crippen LogP contribution in [0.2, 0.25) is 0 Å². The van der Waals surface area contributed by atoms with Crippen LogP contribution in [0, 0.1) is 35.0 Å². The van der Waals surface area contributed by atoms with Gasteiger partial charge in [-0.15, -0.1) is 0 Å². The van der Waals surface area contributed by atoms with Crippen molar-refractivity contribution in [3.63, 3.8) is 0 Å². The van der Waals surface area contributed by atoms with Gasteiger partial charge in [0.2, 0.25) is 0 Å². The molecule has 13 rings (SSSR count). The molecule has 4 fully saturated rings. The van der Waals surface area contributed by atoms with Crippen molar-refractivity contribution >= 4 is 0 Å². The molecule has 0 radical (unpaired) electrons. The minimum atomic E-state index is 0.00623. The Labute approximate surface area is 352 Å². The standard InChI is InChI=1S/C58H44N2/c59-36-37-20-22-40(23-21-37)51-18-9-19-53-52-25-24-47(33-54(52)58(57(51)53)49-27-38-26-39(29-49)30-50(58)28-38)45-16-7-14-43(31-45)44-15-8-17-46(32-44)48-34-55(41-10-3-1-4-11-41)60-56(35-48)42-12-5-2-6-13-42/h1-25,31-35,38-39,49-50H,26-30H2. The van der Waals surface area contributed by atoms with Crippen LogP contribution in [-0.4, -0.2) is 4.98 Å². The normalized spacial score (nSPS) is 21.7. The lowest BCUT2D eigenvalue weighted by Crippen LogP contribution is -2.55. The molecule has 5 aliphatic rings. The first-order valence-corrected chi connectivity index (χ1v) is 21.8. The number of rotatable bonds is 6. The van der Waals surface area contributed by atoms with E-state index < -0.39 is 0 Å². The largest absolute Gasteiger partial charge is 0.248 e. The summed E-state index contributed by atoms with van der Waals surface area (Å²) in [5, 5.41) is 9.61. The van der Waals surface area contributed by atoms with Crippen LogP contribution < -0.4 is 0 Å². The smallest absolute Gasteiger partial charge is 0.0991 e. The molecule has 5 aliphatic carbocycles. The SMILES string of the molecule is N#Cc1ccc(-c2cccc3c2C2(c4cc(-c5cccc(-c6cccc(-c7cc(-c8ccccc8)nc(-c8ccccc8)c7)c6)c5)ccc4-3)C3CC4CC(C3)CC2C4)cc1. The topological polar surface area (TPSA) is 36.7 Å². The van der Waals surface area contributed by atoms with Crippen LogP contribution in [0.1, 0.15) is 48.8 Å². The van der Waals surface area contributed by atoms with Gasteiger partial charge in [-0.1, -0.05) is 140 Å². The lowest BCUT2D eigenvalue weighted by molar-refractivity contribution is -0.0397. The van der Waals surface area contributed by atoms with E-state index in [1.54, 1.807) is 11.1 Å². The van der Waals surface area contributed by atoms with Crippen molar-refractivity contribution in [3.05, 3.63) is 199 Å². The van der Waals surface area contributed by atoms with Gasteiger partial charge in [-0.25, -0.2) is 4.98 Å². The fraction of sp³-hybridized carbons (Fsp3) is 0.172. The molecule has 2 nitrogen and oxygen atoms in total. The van der Waals surface area contributed by atoms with Crippen LogP contribution in [0.25, 0.3) is 78.1 Å². The lowest BCUT2D eigenvalue weighted by Gasteiger charge is -2.61. The zero-order chi connectivity index (χ0) is 39.8. The summed E-state index contributed by atoms with van der Waals surface area (Å²) in [5.41, 5.74) is 20.7. The van der Waals surface area contributed by atoms with E-state index in [2.05, 4.69) is 176 Å². The summed E-state index contributed by atoms with van der Waals surface area (Å²) in [4.78, 5) is 5.13. The average Bonchev–Trinajstić information content (AvgIpc) is 3.61. The molecule has 0 unspecified atom stereocenters. The molecule has 0 aliphatic heterocycles. The molecule has 1 spiro atoms. The monoisotopic (exact) mass is 768 g/mol. The summed E-state index contributed by atoms with van der Waals surface area (Å²) in [6.45, 7) is 0. The molecule has 2 heteroatoms. The molecule has 1 aromatic heterocycles. The van der Waals surface area contributed by atoms with Crippen LogP contribution >= 0.6 is 0 Å². The fourth-order valence-electron chi connectivity index (χ4n) is 12.4. The number of benzene rings is 7. The van der Waals surface area contributed by atoms with Crippen molar-refractivity contribution in [1.82, 2.24) is 4.98 Å². The summed E-state index contributed by atoms with van der Waals surface area (Å²) in [6.07, 6.45) is 6.76. The van der Waals surface area contributed by atoms with Crippen molar-refractivity contribution in [3.8, 4) is 84.2 Å². The molecular weight excluding hydrogens is 725 g/mol. The maximum absolute atomic E-state index is 9.61. The molecule has 8 aromatic rings. The lowest BCUT2D eigenvalue weighted by atomic mass is 9.42. The van der Waals surface area contributed by atoms with Gasteiger partial charge >= 0.3 is 0 Å². The highest BCUT2D eigenvalue weighted by molar-refractivity contribution is 5.91. The zero-order valence-corrected chi connectivity index (χ0v) is 33.6. The fourth-order valence-corrected chi connectivity index (χ4v) is 12.4. The van der Waals surface area contributed by atoms with E-state index in [1.165, 1.54) is 82.2 Å². The molecule has 7 aromatic carbocycles. The molecule has 4 saturated carbocycles. The van der Waals surface area contributed by atoms with Crippen LogP contribution in [0.4, 0.5) is 0 Å². The summed E-state index contributed by atoms with van der Waals surface area (Å²) in [6, 6.07) is 68.7. The third kappa shape index (κ3) is 5.56. The molecule has 0 saturated heterocycles. The van der Waals surface area contributed by atoms with Gasteiger partial charge in [-0.2, -0.15) is 5.26 Å². The number of nitriles is 1. The Balaban J connectivity index is 0.953. The molecule has 286 valence electrons. The zero-order valence-electron chi connectivity index (χ0n) is 33.6. The third-order valence-electron chi connectivity index (χ3n) is 14.7. The summed E-state index contributed by atoms with van der Waals surface area (Å²) in [7, 11) is 0. The van der Waals surface area contributed by atoms with Gasteiger partial charge in [0, 0.05) is 16.5 Å². The summed E-state index contributed by atoms with van der Waals surface area (Å²) >= 11 is 0. The van der Waals surface area contributed by atoms with Gasteiger partial charge < -0.3 is 0 Å². The van der Waals surface area contributed by atoms with Crippen LogP contribution in [0.5, 0.6) is 0 Å². The molecular formula is C58H44N2.